The van der Waals surface area contributed by atoms with Gasteiger partial charge in [-0.3, -0.25) is 0 Å². The van der Waals surface area contributed by atoms with Gasteiger partial charge in [0.05, 0.1) is 6.10 Å². The van der Waals surface area contributed by atoms with E-state index in [0.29, 0.717) is 5.75 Å². The topological polar surface area (TPSA) is 29.5 Å². The van der Waals surface area contributed by atoms with Crippen LogP contribution in [0.15, 0.2) is 30.4 Å². The van der Waals surface area contributed by atoms with Gasteiger partial charge >= 0.3 is 0 Å². The maximum Gasteiger partial charge on any atom is 0.125 e. The van der Waals surface area contributed by atoms with Crippen molar-refractivity contribution in [3.05, 3.63) is 41.5 Å². The molecule has 1 heterocycles. The first kappa shape index (κ1) is 17.1. The summed E-state index contributed by atoms with van der Waals surface area (Å²) < 4.78 is 5.85. The molecule has 0 radical (unpaired) electrons. The van der Waals surface area contributed by atoms with Crippen LogP contribution in [-0.4, -0.2) is 11.7 Å². The monoisotopic (exact) mass is 302 g/mol. The van der Waals surface area contributed by atoms with Crippen LogP contribution in [0.4, 0.5) is 0 Å². The third-order valence-corrected chi connectivity index (χ3v) is 4.55. The number of hydrogen-bond acceptors (Lipinski definition) is 2. The molecule has 0 bridgehead atoms. The Kier molecular flexibility index (Phi) is 6.07. The van der Waals surface area contributed by atoms with Crippen LogP contribution in [-0.2, 0) is 10.2 Å². The van der Waals surface area contributed by atoms with Gasteiger partial charge in [-0.05, 0) is 25.7 Å². The Morgan fingerprint density at radius 2 is 2.14 bits per heavy atom. The molecule has 1 saturated heterocycles. The van der Waals surface area contributed by atoms with Crippen molar-refractivity contribution in [3.63, 3.8) is 0 Å². The third kappa shape index (κ3) is 4.13. The minimum Gasteiger partial charge on any atom is -0.507 e. The van der Waals surface area contributed by atoms with Crippen LogP contribution < -0.4 is 0 Å². The lowest BCUT2D eigenvalue weighted by Gasteiger charge is -2.28. The Balaban J connectivity index is 2.21. The van der Waals surface area contributed by atoms with Crippen molar-refractivity contribution in [3.8, 4) is 5.75 Å². The van der Waals surface area contributed by atoms with Crippen molar-refractivity contribution < 1.29 is 9.84 Å². The Morgan fingerprint density at radius 1 is 1.32 bits per heavy atom. The second-order valence-corrected chi connectivity index (χ2v) is 6.86. The Bertz CT molecular complexity index is 496. The van der Waals surface area contributed by atoms with Gasteiger partial charge in [-0.25, -0.2) is 0 Å². The number of allylic oxidation sites excluding steroid dienone is 2. The lowest BCUT2D eigenvalue weighted by Crippen LogP contribution is -2.16. The Hall–Kier alpha value is -1.28. The first-order valence-corrected chi connectivity index (χ1v) is 8.68. The van der Waals surface area contributed by atoms with Crippen molar-refractivity contribution >= 4 is 0 Å². The van der Waals surface area contributed by atoms with Crippen molar-refractivity contribution in [2.45, 2.75) is 70.8 Å². The van der Waals surface area contributed by atoms with Crippen molar-refractivity contribution in [1.29, 1.82) is 0 Å². The van der Waals surface area contributed by atoms with Gasteiger partial charge in [-0.2, -0.15) is 0 Å². The Morgan fingerprint density at radius 3 is 2.82 bits per heavy atom. The third-order valence-electron chi connectivity index (χ3n) is 4.55. The first-order valence-electron chi connectivity index (χ1n) is 8.68. The summed E-state index contributed by atoms with van der Waals surface area (Å²) in [7, 11) is 0. The summed E-state index contributed by atoms with van der Waals surface area (Å²) in [6, 6.07) is 6.08. The normalized spacial score (nSPS) is 19.7. The second-order valence-electron chi connectivity index (χ2n) is 6.86. The SMILES string of the molecule is CCCC/C=C\C(C)(C)c1cccc(C2CCCCO2)c1O. The lowest BCUT2D eigenvalue weighted by molar-refractivity contribution is 0.0135. The lowest BCUT2D eigenvalue weighted by atomic mass is 9.81. The van der Waals surface area contributed by atoms with E-state index in [1.807, 2.05) is 18.2 Å². The summed E-state index contributed by atoms with van der Waals surface area (Å²) in [4.78, 5) is 0. The number of benzene rings is 1. The summed E-state index contributed by atoms with van der Waals surface area (Å²) in [5.41, 5.74) is 1.78. The second kappa shape index (κ2) is 7.82. The highest BCUT2D eigenvalue weighted by atomic mass is 16.5. The largest absolute Gasteiger partial charge is 0.507 e. The van der Waals surface area contributed by atoms with E-state index >= 15 is 0 Å². The molecule has 1 aromatic rings. The number of aromatic hydroxyl groups is 1. The van der Waals surface area contributed by atoms with Gasteiger partial charge in [0.1, 0.15) is 5.75 Å². The zero-order valence-corrected chi connectivity index (χ0v) is 14.3. The van der Waals surface area contributed by atoms with Crippen LogP contribution in [0.25, 0.3) is 0 Å². The molecule has 2 heteroatoms. The maximum atomic E-state index is 10.8. The van der Waals surface area contributed by atoms with Crippen LogP contribution in [0.5, 0.6) is 5.75 Å². The van der Waals surface area contributed by atoms with Gasteiger partial charge in [0, 0.05) is 23.1 Å². The number of para-hydroxylation sites is 1. The van der Waals surface area contributed by atoms with Crippen molar-refractivity contribution in [2.24, 2.45) is 0 Å². The van der Waals surface area contributed by atoms with E-state index in [0.717, 1.165) is 37.0 Å². The van der Waals surface area contributed by atoms with Crippen LogP contribution in [0.1, 0.15) is 76.5 Å². The molecule has 1 unspecified atom stereocenters. The van der Waals surface area contributed by atoms with Gasteiger partial charge < -0.3 is 9.84 Å². The zero-order valence-electron chi connectivity index (χ0n) is 14.3. The highest BCUT2D eigenvalue weighted by molar-refractivity contribution is 5.47. The predicted octanol–water partition coefficient (Wildman–Crippen LogP) is 5.66. The van der Waals surface area contributed by atoms with E-state index in [2.05, 4.69) is 32.9 Å². The molecule has 1 aromatic carbocycles. The number of ether oxygens (including phenoxy) is 1. The molecule has 0 amide bonds. The van der Waals surface area contributed by atoms with Gasteiger partial charge in [0.15, 0.2) is 0 Å². The molecule has 22 heavy (non-hydrogen) atoms. The molecule has 122 valence electrons. The summed E-state index contributed by atoms with van der Waals surface area (Å²) in [6.07, 6.45) is 11.4. The summed E-state index contributed by atoms with van der Waals surface area (Å²) in [5.74, 6) is 0.416. The van der Waals surface area contributed by atoms with Gasteiger partial charge in [0.2, 0.25) is 0 Å². The van der Waals surface area contributed by atoms with E-state index in [-0.39, 0.29) is 11.5 Å². The van der Waals surface area contributed by atoms with Gasteiger partial charge in [0.25, 0.3) is 0 Å². The molecule has 2 rings (SSSR count). The Labute approximate surface area is 135 Å². The standard InChI is InChI=1S/C20H30O2/c1-4-5-6-8-14-20(2,3)17-12-10-11-16(19(17)21)18-13-7-9-15-22-18/h8,10-12,14,18,21H,4-7,9,13,15H2,1-3H3/b14-8-. The molecule has 1 fully saturated rings. The van der Waals surface area contributed by atoms with Crippen molar-refractivity contribution in [2.75, 3.05) is 6.61 Å². The fourth-order valence-corrected chi connectivity index (χ4v) is 3.12. The summed E-state index contributed by atoms with van der Waals surface area (Å²) in [5, 5.41) is 10.8. The van der Waals surface area contributed by atoms with E-state index < -0.39 is 0 Å². The quantitative estimate of drug-likeness (QED) is 0.543. The van der Waals surface area contributed by atoms with Gasteiger partial charge in [-0.1, -0.05) is 64.0 Å². The van der Waals surface area contributed by atoms with Crippen LogP contribution in [0, 0.1) is 0 Å². The molecule has 0 aliphatic carbocycles. The minimum atomic E-state index is -0.164. The molecule has 1 aliphatic rings. The van der Waals surface area contributed by atoms with Gasteiger partial charge in [-0.15, -0.1) is 0 Å². The van der Waals surface area contributed by atoms with E-state index in [1.165, 1.54) is 19.3 Å². The number of unbranched alkanes of at least 4 members (excludes halogenated alkanes) is 2. The van der Waals surface area contributed by atoms with Crippen molar-refractivity contribution in [1.82, 2.24) is 0 Å². The molecule has 0 spiro atoms. The molecule has 0 saturated carbocycles. The number of phenolic OH excluding ortho intramolecular Hbond substituents is 1. The fourth-order valence-electron chi connectivity index (χ4n) is 3.12. The summed E-state index contributed by atoms with van der Waals surface area (Å²) >= 11 is 0. The molecule has 2 nitrogen and oxygen atoms in total. The van der Waals surface area contributed by atoms with Crippen LogP contribution in [0.2, 0.25) is 0 Å². The molecule has 1 N–H and O–H groups in total. The highest BCUT2D eigenvalue weighted by Crippen LogP contribution is 2.40. The van der Waals surface area contributed by atoms with Crippen LogP contribution >= 0.6 is 0 Å². The average molecular weight is 302 g/mol. The zero-order chi connectivity index (χ0) is 16.0. The van der Waals surface area contributed by atoms with E-state index in [4.69, 9.17) is 4.74 Å². The van der Waals surface area contributed by atoms with E-state index in [1.54, 1.807) is 0 Å². The molecule has 1 aliphatic heterocycles. The molecular formula is C20H30O2. The summed E-state index contributed by atoms with van der Waals surface area (Å²) in [6.45, 7) is 7.33. The minimum absolute atomic E-state index is 0.0496. The van der Waals surface area contributed by atoms with Crippen LogP contribution in [0.3, 0.4) is 0 Å². The average Bonchev–Trinajstić information content (AvgIpc) is 2.52. The predicted molar refractivity (Wildman–Crippen MR) is 92.3 cm³/mol. The number of rotatable bonds is 6. The van der Waals surface area contributed by atoms with E-state index in [9.17, 15) is 5.11 Å². The number of phenols is 1. The first-order chi connectivity index (χ1) is 10.6. The smallest absolute Gasteiger partial charge is 0.125 e. The molecule has 0 aromatic heterocycles. The highest BCUT2D eigenvalue weighted by Gasteiger charge is 2.26. The maximum absolute atomic E-state index is 10.8. The number of hydrogen-bond donors (Lipinski definition) is 1. The molecule has 1 atom stereocenters. The molecular weight excluding hydrogens is 272 g/mol. The fraction of sp³-hybridized carbons (Fsp3) is 0.600.